The van der Waals surface area contributed by atoms with E-state index in [-0.39, 0.29) is 34.0 Å². The fourth-order valence-electron chi connectivity index (χ4n) is 3.66. The SMILES string of the molecule is COC(=O)N[C@@H]1CCC(=O)N2c3cc(Br)c(F)cc3Oc3c(F)cccc3[C@@H]12. The largest absolute Gasteiger partial charge is 0.453 e. The number of amides is 2. The minimum Gasteiger partial charge on any atom is -0.453 e. The Morgan fingerprint density at radius 2 is 2.11 bits per heavy atom. The average molecular weight is 453 g/mol. The molecule has 2 aromatic carbocycles. The van der Waals surface area contributed by atoms with Crippen molar-refractivity contribution in [1.29, 1.82) is 0 Å². The molecular formula is C19H15BrF2N2O4. The molecule has 9 heteroatoms. The highest BCUT2D eigenvalue weighted by molar-refractivity contribution is 9.10. The molecule has 28 heavy (non-hydrogen) atoms. The number of hydrogen-bond donors (Lipinski definition) is 1. The van der Waals surface area contributed by atoms with Crippen LogP contribution < -0.4 is 15.0 Å². The molecule has 2 amide bonds. The molecule has 6 nitrogen and oxygen atoms in total. The Kier molecular flexibility index (Phi) is 4.70. The zero-order chi connectivity index (χ0) is 20.0. The number of piperidine rings is 1. The van der Waals surface area contributed by atoms with Gasteiger partial charge < -0.3 is 14.8 Å². The van der Waals surface area contributed by atoms with E-state index in [9.17, 15) is 18.4 Å². The zero-order valence-corrected chi connectivity index (χ0v) is 16.3. The molecule has 0 bridgehead atoms. The van der Waals surface area contributed by atoms with Gasteiger partial charge in [-0.3, -0.25) is 9.69 Å². The lowest BCUT2D eigenvalue weighted by molar-refractivity contribution is -0.120. The van der Waals surface area contributed by atoms with E-state index in [4.69, 9.17) is 9.47 Å². The molecule has 0 unspecified atom stereocenters. The maximum Gasteiger partial charge on any atom is 0.407 e. The van der Waals surface area contributed by atoms with E-state index in [1.165, 1.54) is 30.2 Å². The minimum atomic E-state index is -0.746. The molecule has 0 radical (unpaired) electrons. The normalized spacial score (nSPS) is 20.3. The molecule has 4 rings (SSSR count). The van der Waals surface area contributed by atoms with Gasteiger partial charge in [0, 0.05) is 18.1 Å². The highest BCUT2D eigenvalue weighted by atomic mass is 79.9. The Morgan fingerprint density at radius 3 is 2.86 bits per heavy atom. The number of halogens is 3. The topological polar surface area (TPSA) is 67.9 Å². The number of methoxy groups -OCH3 is 1. The first kappa shape index (κ1) is 18.7. The van der Waals surface area contributed by atoms with Gasteiger partial charge in [0.05, 0.1) is 29.4 Å². The fraction of sp³-hybridized carbons (Fsp3) is 0.263. The first-order chi connectivity index (χ1) is 13.4. The Hall–Kier alpha value is -2.68. The summed E-state index contributed by atoms with van der Waals surface area (Å²) in [4.78, 5) is 26.1. The van der Waals surface area contributed by atoms with Gasteiger partial charge in [0.2, 0.25) is 5.91 Å². The van der Waals surface area contributed by atoms with E-state index in [0.29, 0.717) is 12.0 Å². The summed E-state index contributed by atoms with van der Waals surface area (Å²) >= 11 is 3.12. The van der Waals surface area contributed by atoms with Crippen LogP contribution in [-0.2, 0) is 9.53 Å². The van der Waals surface area contributed by atoms with Crippen LogP contribution in [0.15, 0.2) is 34.8 Å². The van der Waals surface area contributed by atoms with Crippen LogP contribution in [0.3, 0.4) is 0 Å². The van der Waals surface area contributed by atoms with Crippen LogP contribution in [0, 0.1) is 11.6 Å². The second kappa shape index (κ2) is 7.05. The number of carbonyl (C=O) groups excluding carboxylic acids is 2. The molecule has 1 fully saturated rings. The number of ether oxygens (including phenoxy) is 2. The summed E-state index contributed by atoms with van der Waals surface area (Å²) in [6.07, 6.45) is -0.185. The van der Waals surface area contributed by atoms with E-state index in [0.717, 1.165) is 6.07 Å². The summed E-state index contributed by atoms with van der Waals surface area (Å²) in [6.45, 7) is 0. The number of anilines is 1. The third-order valence-corrected chi connectivity index (χ3v) is 5.48. The maximum atomic E-state index is 14.6. The second-order valence-electron chi connectivity index (χ2n) is 6.48. The molecule has 146 valence electrons. The number of hydrogen-bond acceptors (Lipinski definition) is 4. The van der Waals surface area contributed by atoms with E-state index in [1.54, 1.807) is 6.07 Å². The van der Waals surface area contributed by atoms with Crippen LogP contribution >= 0.6 is 15.9 Å². The summed E-state index contributed by atoms with van der Waals surface area (Å²) in [6, 6.07) is 5.56. The second-order valence-corrected chi connectivity index (χ2v) is 7.34. The van der Waals surface area contributed by atoms with E-state index in [2.05, 4.69) is 21.2 Å². The smallest absolute Gasteiger partial charge is 0.407 e. The number of nitrogens with zero attached hydrogens (tertiary/aromatic N) is 1. The van der Waals surface area contributed by atoms with Crippen molar-refractivity contribution in [3.8, 4) is 11.5 Å². The zero-order valence-electron chi connectivity index (χ0n) is 14.7. The third kappa shape index (κ3) is 2.99. The highest BCUT2D eigenvalue weighted by Gasteiger charge is 2.43. The number of para-hydroxylation sites is 1. The van der Waals surface area contributed by atoms with Crippen LogP contribution in [-0.4, -0.2) is 25.2 Å². The van der Waals surface area contributed by atoms with Crippen molar-refractivity contribution in [3.05, 3.63) is 52.0 Å². The summed E-state index contributed by atoms with van der Waals surface area (Å²) in [5, 5.41) is 2.71. The summed E-state index contributed by atoms with van der Waals surface area (Å²) in [5.41, 5.74) is 0.664. The van der Waals surface area contributed by atoms with Crippen LogP contribution in [0.2, 0.25) is 0 Å². The van der Waals surface area contributed by atoms with E-state index < -0.39 is 29.8 Å². The standard InChI is InChI=1S/C19H15BrF2N2O4/c1-27-19(26)23-13-5-6-16(25)24-14-7-10(20)12(22)8-15(14)28-18-9(17(13)24)3-2-4-11(18)21/h2-4,7-8,13,17H,5-6H2,1H3,(H,23,26)/t13-,17+/m1/s1. The lowest BCUT2D eigenvalue weighted by Gasteiger charge is -2.40. The highest BCUT2D eigenvalue weighted by Crippen LogP contribution is 2.49. The van der Waals surface area contributed by atoms with Crippen LogP contribution in [0.1, 0.15) is 24.4 Å². The van der Waals surface area contributed by atoms with Crippen molar-refractivity contribution in [3.63, 3.8) is 0 Å². The molecular weight excluding hydrogens is 438 g/mol. The first-order valence-corrected chi connectivity index (χ1v) is 9.32. The predicted octanol–water partition coefficient (Wildman–Crippen LogP) is 4.43. The Bertz CT molecular complexity index is 985. The van der Waals surface area contributed by atoms with Crippen molar-refractivity contribution >= 4 is 33.6 Å². The lowest BCUT2D eigenvalue weighted by atomic mass is 9.89. The molecule has 1 saturated heterocycles. The lowest BCUT2D eigenvalue weighted by Crippen LogP contribution is -2.52. The molecule has 0 saturated carbocycles. The van der Waals surface area contributed by atoms with Gasteiger partial charge in [-0.25, -0.2) is 13.6 Å². The van der Waals surface area contributed by atoms with Gasteiger partial charge in [-0.2, -0.15) is 0 Å². The van der Waals surface area contributed by atoms with E-state index in [1.807, 2.05) is 0 Å². The van der Waals surface area contributed by atoms with Crippen LogP contribution in [0.4, 0.5) is 19.3 Å². The number of fused-ring (bicyclic) bond motifs is 5. The van der Waals surface area contributed by atoms with Gasteiger partial charge in [0.1, 0.15) is 5.82 Å². The molecule has 2 aliphatic rings. The van der Waals surface area contributed by atoms with Crippen molar-refractivity contribution in [2.45, 2.75) is 24.9 Å². The van der Waals surface area contributed by atoms with Gasteiger partial charge in [-0.05, 0) is 34.5 Å². The van der Waals surface area contributed by atoms with Crippen LogP contribution in [0.5, 0.6) is 11.5 Å². The Labute approximate surface area is 167 Å². The van der Waals surface area contributed by atoms with Gasteiger partial charge in [0.15, 0.2) is 17.3 Å². The average Bonchev–Trinajstić information content (AvgIpc) is 2.81. The number of alkyl carbamates (subject to hydrolysis) is 1. The number of carbonyl (C=O) groups is 2. The Morgan fingerprint density at radius 1 is 1.32 bits per heavy atom. The molecule has 2 atom stereocenters. The van der Waals surface area contributed by atoms with Crippen molar-refractivity contribution < 1.29 is 27.8 Å². The minimum absolute atomic E-state index is 0.0154. The number of benzene rings is 2. The van der Waals surface area contributed by atoms with E-state index >= 15 is 0 Å². The molecule has 0 aromatic heterocycles. The van der Waals surface area contributed by atoms with Crippen LogP contribution in [0.25, 0.3) is 0 Å². The molecule has 1 N–H and O–H groups in total. The maximum absolute atomic E-state index is 14.6. The van der Waals surface area contributed by atoms with Crippen molar-refractivity contribution in [1.82, 2.24) is 5.32 Å². The quantitative estimate of drug-likeness (QED) is 0.694. The molecule has 2 heterocycles. The monoisotopic (exact) mass is 452 g/mol. The predicted molar refractivity (Wildman–Crippen MR) is 99.4 cm³/mol. The first-order valence-electron chi connectivity index (χ1n) is 8.52. The molecule has 2 aliphatic heterocycles. The van der Waals surface area contributed by atoms with Crippen molar-refractivity contribution in [2.24, 2.45) is 0 Å². The fourth-order valence-corrected chi connectivity index (χ4v) is 3.99. The summed E-state index contributed by atoms with van der Waals surface area (Å²) in [7, 11) is 1.24. The third-order valence-electron chi connectivity index (χ3n) is 4.88. The molecule has 0 spiro atoms. The molecule has 0 aliphatic carbocycles. The number of nitrogens with one attached hydrogen (secondary N) is 1. The van der Waals surface area contributed by atoms with Gasteiger partial charge in [-0.15, -0.1) is 0 Å². The number of rotatable bonds is 1. The Balaban J connectivity index is 1.95. The van der Waals surface area contributed by atoms with Gasteiger partial charge in [-0.1, -0.05) is 12.1 Å². The molecule has 2 aromatic rings. The summed E-state index contributed by atoms with van der Waals surface area (Å²) < 4.78 is 39.3. The summed E-state index contributed by atoms with van der Waals surface area (Å²) in [5.74, 6) is -1.59. The van der Waals surface area contributed by atoms with Gasteiger partial charge >= 0.3 is 6.09 Å². The van der Waals surface area contributed by atoms with Gasteiger partial charge in [0.25, 0.3) is 0 Å². The van der Waals surface area contributed by atoms with Crippen molar-refractivity contribution in [2.75, 3.05) is 12.0 Å².